The monoisotopic (exact) mass is 176 g/mol. The Morgan fingerprint density at radius 1 is 1.46 bits per heavy atom. The van der Waals surface area contributed by atoms with E-state index < -0.39 is 0 Å². The van der Waals surface area contributed by atoms with Crippen LogP contribution in [0.5, 0.6) is 0 Å². The predicted molar refractivity (Wildman–Crippen MR) is 51.5 cm³/mol. The minimum atomic E-state index is 0.419. The third kappa shape index (κ3) is 1.35. The van der Waals surface area contributed by atoms with Gasteiger partial charge in [-0.3, -0.25) is 0 Å². The Bertz CT molecular complexity index is 430. The van der Waals surface area contributed by atoms with Crippen molar-refractivity contribution in [1.82, 2.24) is 14.6 Å². The van der Waals surface area contributed by atoms with E-state index in [1.54, 1.807) is 16.9 Å². The maximum atomic E-state index is 5.59. The second-order valence-corrected chi connectivity index (χ2v) is 3.41. The van der Waals surface area contributed by atoms with E-state index in [0.717, 1.165) is 11.3 Å². The first kappa shape index (κ1) is 8.04. The molecule has 0 amide bonds. The second-order valence-electron chi connectivity index (χ2n) is 3.41. The lowest BCUT2D eigenvalue weighted by atomic mass is 10.1. The molecule has 0 atom stereocenters. The van der Waals surface area contributed by atoms with Gasteiger partial charge in [0.1, 0.15) is 0 Å². The number of rotatable bonds is 1. The van der Waals surface area contributed by atoms with Gasteiger partial charge < -0.3 is 5.73 Å². The minimum absolute atomic E-state index is 0.419. The van der Waals surface area contributed by atoms with Crippen molar-refractivity contribution >= 4 is 11.3 Å². The Kier molecular flexibility index (Phi) is 1.69. The Morgan fingerprint density at radius 2 is 2.23 bits per heavy atom. The van der Waals surface area contributed by atoms with Gasteiger partial charge in [0, 0.05) is 6.07 Å². The first-order chi connectivity index (χ1) is 6.16. The van der Waals surface area contributed by atoms with Gasteiger partial charge in [0.15, 0.2) is 5.65 Å². The average molecular weight is 176 g/mol. The molecule has 0 spiro atoms. The lowest BCUT2D eigenvalue weighted by Crippen LogP contribution is -1.94. The number of nitrogens with zero attached hydrogens (tertiary/aromatic N) is 3. The molecule has 13 heavy (non-hydrogen) atoms. The lowest BCUT2D eigenvalue weighted by Gasteiger charge is -1.95. The maximum Gasteiger partial charge on any atom is 0.155 e. The molecular weight excluding hydrogens is 164 g/mol. The standard InChI is InChI=1S/C9H12N4/c1-6(2)8-3-9-11-4-7(10)5-13(9)12-8/h3-6H,10H2,1-2H3. The van der Waals surface area contributed by atoms with E-state index >= 15 is 0 Å². The number of hydrogen-bond acceptors (Lipinski definition) is 3. The zero-order valence-electron chi connectivity index (χ0n) is 7.73. The molecule has 0 saturated heterocycles. The van der Waals surface area contributed by atoms with Crippen LogP contribution in [0.15, 0.2) is 18.5 Å². The van der Waals surface area contributed by atoms with Crippen LogP contribution < -0.4 is 5.73 Å². The fourth-order valence-electron chi connectivity index (χ4n) is 1.19. The molecular formula is C9H12N4. The molecule has 0 saturated carbocycles. The second kappa shape index (κ2) is 2.73. The highest BCUT2D eigenvalue weighted by molar-refractivity contribution is 5.44. The van der Waals surface area contributed by atoms with Gasteiger partial charge in [0.2, 0.25) is 0 Å². The number of fused-ring (bicyclic) bond motifs is 1. The molecule has 0 aliphatic heterocycles. The van der Waals surface area contributed by atoms with Crippen LogP contribution in [0, 0.1) is 0 Å². The molecule has 4 nitrogen and oxygen atoms in total. The van der Waals surface area contributed by atoms with Gasteiger partial charge in [-0.2, -0.15) is 5.10 Å². The van der Waals surface area contributed by atoms with Crippen molar-refractivity contribution < 1.29 is 0 Å². The first-order valence-corrected chi connectivity index (χ1v) is 4.27. The molecule has 2 heterocycles. The third-order valence-electron chi connectivity index (χ3n) is 1.94. The van der Waals surface area contributed by atoms with E-state index in [9.17, 15) is 0 Å². The third-order valence-corrected chi connectivity index (χ3v) is 1.94. The van der Waals surface area contributed by atoms with Crippen molar-refractivity contribution in [3.8, 4) is 0 Å². The van der Waals surface area contributed by atoms with Crippen LogP contribution in [0.2, 0.25) is 0 Å². The summed E-state index contributed by atoms with van der Waals surface area (Å²) in [4.78, 5) is 4.16. The zero-order valence-corrected chi connectivity index (χ0v) is 7.73. The molecule has 68 valence electrons. The summed E-state index contributed by atoms with van der Waals surface area (Å²) in [6.45, 7) is 4.20. The van der Waals surface area contributed by atoms with Crippen LogP contribution in [0.3, 0.4) is 0 Å². The highest BCUT2D eigenvalue weighted by Crippen LogP contribution is 2.14. The number of nitrogen functional groups attached to an aromatic ring is 1. The number of hydrogen-bond donors (Lipinski definition) is 1. The van der Waals surface area contributed by atoms with Gasteiger partial charge in [0.25, 0.3) is 0 Å². The predicted octanol–water partition coefficient (Wildman–Crippen LogP) is 1.43. The van der Waals surface area contributed by atoms with E-state index in [-0.39, 0.29) is 0 Å². The van der Waals surface area contributed by atoms with E-state index in [0.29, 0.717) is 11.6 Å². The van der Waals surface area contributed by atoms with Crippen LogP contribution in [0.1, 0.15) is 25.5 Å². The molecule has 4 heteroatoms. The molecule has 0 unspecified atom stereocenters. The number of aromatic nitrogens is 3. The molecule has 0 radical (unpaired) electrons. The molecule has 2 N–H and O–H groups in total. The Morgan fingerprint density at radius 3 is 2.92 bits per heavy atom. The summed E-state index contributed by atoms with van der Waals surface area (Å²) in [6, 6.07) is 1.98. The van der Waals surface area contributed by atoms with Crippen molar-refractivity contribution in [2.45, 2.75) is 19.8 Å². The quantitative estimate of drug-likeness (QED) is 0.715. The molecule has 2 aromatic rings. The number of nitrogens with two attached hydrogens (primary N) is 1. The molecule has 2 rings (SSSR count). The van der Waals surface area contributed by atoms with Crippen LogP contribution >= 0.6 is 0 Å². The fraction of sp³-hybridized carbons (Fsp3) is 0.333. The highest BCUT2D eigenvalue weighted by Gasteiger charge is 2.05. The molecule has 0 aromatic carbocycles. The van der Waals surface area contributed by atoms with Gasteiger partial charge in [-0.1, -0.05) is 13.8 Å². The van der Waals surface area contributed by atoms with Crippen LogP contribution in [-0.2, 0) is 0 Å². The van der Waals surface area contributed by atoms with E-state index in [2.05, 4.69) is 23.9 Å². The van der Waals surface area contributed by atoms with E-state index in [1.165, 1.54) is 0 Å². The highest BCUT2D eigenvalue weighted by atomic mass is 15.2. The van der Waals surface area contributed by atoms with Crippen molar-refractivity contribution in [3.63, 3.8) is 0 Å². The summed E-state index contributed by atoms with van der Waals surface area (Å²) >= 11 is 0. The minimum Gasteiger partial charge on any atom is -0.396 e. The summed E-state index contributed by atoms with van der Waals surface area (Å²) in [6.07, 6.45) is 3.41. The van der Waals surface area contributed by atoms with Gasteiger partial charge in [-0.15, -0.1) is 0 Å². The molecule has 0 aliphatic carbocycles. The van der Waals surface area contributed by atoms with Crippen molar-refractivity contribution in [3.05, 3.63) is 24.2 Å². The fourth-order valence-corrected chi connectivity index (χ4v) is 1.19. The van der Waals surface area contributed by atoms with Crippen molar-refractivity contribution in [2.75, 3.05) is 5.73 Å². The largest absolute Gasteiger partial charge is 0.396 e. The number of anilines is 1. The van der Waals surface area contributed by atoms with Crippen molar-refractivity contribution in [1.29, 1.82) is 0 Å². The van der Waals surface area contributed by atoms with Gasteiger partial charge in [-0.05, 0) is 5.92 Å². The Labute approximate surface area is 76.4 Å². The Balaban J connectivity index is 2.62. The van der Waals surface area contributed by atoms with Crippen LogP contribution in [0.4, 0.5) is 5.69 Å². The normalized spacial score (nSPS) is 11.3. The summed E-state index contributed by atoms with van der Waals surface area (Å²) in [5, 5.41) is 4.35. The molecule has 2 aromatic heterocycles. The van der Waals surface area contributed by atoms with Crippen LogP contribution in [0.25, 0.3) is 5.65 Å². The zero-order chi connectivity index (χ0) is 9.42. The van der Waals surface area contributed by atoms with Crippen LogP contribution in [-0.4, -0.2) is 14.6 Å². The average Bonchev–Trinajstić information content (AvgIpc) is 2.46. The molecule has 0 fully saturated rings. The van der Waals surface area contributed by atoms with E-state index in [1.807, 2.05) is 6.07 Å². The van der Waals surface area contributed by atoms with E-state index in [4.69, 9.17) is 5.73 Å². The Hall–Kier alpha value is -1.58. The summed E-state index contributed by atoms with van der Waals surface area (Å²) in [5.41, 5.74) is 8.10. The molecule has 0 bridgehead atoms. The van der Waals surface area contributed by atoms with Gasteiger partial charge >= 0.3 is 0 Å². The maximum absolute atomic E-state index is 5.59. The smallest absolute Gasteiger partial charge is 0.155 e. The topological polar surface area (TPSA) is 56.2 Å². The summed E-state index contributed by atoms with van der Waals surface area (Å²) in [7, 11) is 0. The first-order valence-electron chi connectivity index (χ1n) is 4.27. The van der Waals surface area contributed by atoms with Gasteiger partial charge in [0.05, 0.1) is 23.8 Å². The van der Waals surface area contributed by atoms with Gasteiger partial charge in [-0.25, -0.2) is 9.50 Å². The SMILES string of the molecule is CC(C)c1cc2ncc(N)cn2n1. The molecule has 0 aliphatic rings. The van der Waals surface area contributed by atoms with Crippen molar-refractivity contribution in [2.24, 2.45) is 0 Å². The summed E-state index contributed by atoms with van der Waals surface area (Å²) < 4.78 is 1.71. The summed E-state index contributed by atoms with van der Waals surface area (Å²) in [5.74, 6) is 0.419. The lowest BCUT2D eigenvalue weighted by molar-refractivity contribution is 0.787.